The van der Waals surface area contributed by atoms with Gasteiger partial charge in [-0.05, 0) is 42.3 Å². The van der Waals surface area contributed by atoms with Gasteiger partial charge in [0.1, 0.15) is 6.04 Å². The number of hydrogen-bond acceptors (Lipinski definition) is 3. The highest BCUT2D eigenvalue weighted by molar-refractivity contribution is 7.99. The number of rotatable bonds is 8. The lowest BCUT2D eigenvalue weighted by molar-refractivity contribution is -0.138. The van der Waals surface area contributed by atoms with Gasteiger partial charge >= 0.3 is 0 Å². The topological polar surface area (TPSA) is 49.4 Å². The van der Waals surface area contributed by atoms with Crippen LogP contribution in [0.1, 0.15) is 18.1 Å². The molecule has 150 valence electrons. The Labute approximate surface area is 184 Å². The summed E-state index contributed by atoms with van der Waals surface area (Å²) in [7, 11) is 1.55. The Bertz CT molecular complexity index is 831. The molecule has 1 N–H and O–H groups in total. The molecule has 0 saturated heterocycles. The Morgan fingerprint density at radius 3 is 2.29 bits per heavy atom. The summed E-state index contributed by atoms with van der Waals surface area (Å²) in [6.07, 6.45) is 0. The van der Waals surface area contributed by atoms with Gasteiger partial charge in [0.25, 0.3) is 0 Å². The van der Waals surface area contributed by atoms with E-state index in [1.165, 1.54) is 11.8 Å². The maximum atomic E-state index is 12.9. The lowest BCUT2D eigenvalue weighted by Gasteiger charge is -2.28. The Balaban J connectivity index is 2.06. The van der Waals surface area contributed by atoms with Crippen molar-refractivity contribution >= 4 is 58.4 Å². The van der Waals surface area contributed by atoms with E-state index in [4.69, 9.17) is 34.8 Å². The highest BCUT2D eigenvalue weighted by Crippen LogP contribution is 2.24. The van der Waals surface area contributed by atoms with Crippen LogP contribution in [0.2, 0.25) is 15.1 Å². The first kappa shape index (κ1) is 22.9. The fourth-order valence-corrected chi connectivity index (χ4v) is 3.86. The average Bonchev–Trinajstić information content (AvgIpc) is 2.69. The predicted octanol–water partition coefficient (Wildman–Crippen LogP) is 5.04. The summed E-state index contributed by atoms with van der Waals surface area (Å²) >= 11 is 19.4. The normalized spacial score (nSPS) is 11.8. The molecule has 0 unspecified atom stereocenters. The second-order valence-corrected chi connectivity index (χ2v) is 8.42. The molecule has 2 aromatic carbocycles. The zero-order valence-electron chi connectivity index (χ0n) is 15.5. The van der Waals surface area contributed by atoms with Crippen molar-refractivity contribution in [1.82, 2.24) is 10.2 Å². The van der Waals surface area contributed by atoms with Crippen molar-refractivity contribution in [3.05, 3.63) is 68.7 Å². The molecule has 0 bridgehead atoms. The molecule has 2 amide bonds. The molecular formula is C20H21Cl3N2O2S. The lowest BCUT2D eigenvalue weighted by Crippen LogP contribution is -2.47. The summed E-state index contributed by atoms with van der Waals surface area (Å²) in [5, 5.41) is 4.13. The largest absolute Gasteiger partial charge is 0.357 e. The van der Waals surface area contributed by atoms with E-state index in [-0.39, 0.29) is 24.1 Å². The van der Waals surface area contributed by atoms with E-state index in [9.17, 15) is 9.59 Å². The third kappa shape index (κ3) is 6.59. The average molecular weight is 460 g/mol. The van der Waals surface area contributed by atoms with Crippen LogP contribution in [0.4, 0.5) is 0 Å². The quantitative estimate of drug-likeness (QED) is 0.601. The molecule has 28 heavy (non-hydrogen) atoms. The molecular weight excluding hydrogens is 439 g/mol. The number of thioether (sulfide) groups is 1. The number of nitrogens with one attached hydrogen (secondary N) is 1. The van der Waals surface area contributed by atoms with Crippen LogP contribution in [0, 0.1) is 0 Å². The number of carbonyl (C=O) groups is 2. The zero-order chi connectivity index (χ0) is 20.7. The van der Waals surface area contributed by atoms with Gasteiger partial charge in [-0.15, -0.1) is 11.8 Å². The minimum atomic E-state index is -0.608. The molecule has 8 heteroatoms. The Morgan fingerprint density at radius 2 is 1.68 bits per heavy atom. The first-order chi connectivity index (χ1) is 13.3. The molecule has 0 aliphatic rings. The van der Waals surface area contributed by atoms with Crippen molar-refractivity contribution in [2.75, 3.05) is 12.8 Å². The van der Waals surface area contributed by atoms with Crippen molar-refractivity contribution in [3.8, 4) is 0 Å². The minimum Gasteiger partial charge on any atom is -0.357 e. The molecule has 2 rings (SSSR count). The molecule has 0 aromatic heterocycles. The highest BCUT2D eigenvalue weighted by atomic mass is 35.5. The fraction of sp³-hybridized carbons (Fsp3) is 0.300. The summed E-state index contributed by atoms with van der Waals surface area (Å²) in [5.74, 6) is 0.584. The number of carbonyl (C=O) groups excluding carboxylic acids is 2. The molecule has 0 aliphatic heterocycles. The zero-order valence-corrected chi connectivity index (χ0v) is 18.6. The van der Waals surface area contributed by atoms with Gasteiger partial charge < -0.3 is 10.2 Å². The molecule has 1 atom stereocenters. The maximum absolute atomic E-state index is 12.9. The lowest BCUT2D eigenvalue weighted by atomic mass is 10.1. The third-order valence-corrected chi connectivity index (χ3v) is 6.14. The predicted molar refractivity (Wildman–Crippen MR) is 118 cm³/mol. The SMILES string of the molecule is CNC(=O)[C@@H](C)N(Cc1ccc(Cl)c(Cl)c1)C(=O)CSCc1ccc(Cl)cc1. The van der Waals surface area contributed by atoms with E-state index < -0.39 is 6.04 Å². The van der Waals surface area contributed by atoms with Crippen molar-refractivity contribution in [2.24, 2.45) is 0 Å². The second kappa shape index (κ2) is 11.0. The van der Waals surface area contributed by atoms with E-state index in [2.05, 4.69) is 5.32 Å². The number of halogens is 3. The minimum absolute atomic E-state index is 0.124. The van der Waals surface area contributed by atoms with Crippen molar-refractivity contribution < 1.29 is 9.59 Å². The second-order valence-electron chi connectivity index (χ2n) is 6.18. The standard InChI is InChI=1S/C20H21Cl3N2O2S/c1-13(20(27)24-2)25(10-15-5-8-17(22)18(23)9-15)19(26)12-28-11-14-3-6-16(21)7-4-14/h3-9,13H,10-12H2,1-2H3,(H,24,27)/t13-/m1/s1. The first-order valence-corrected chi connectivity index (χ1v) is 10.9. The van der Waals surface area contributed by atoms with E-state index in [1.807, 2.05) is 24.3 Å². The number of benzene rings is 2. The molecule has 4 nitrogen and oxygen atoms in total. The summed E-state index contributed by atoms with van der Waals surface area (Å²) in [5.41, 5.74) is 1.89. The van der Waals surface area contributed by atoms with Crippen LogP contribution in [0.3, 0.4) is 0 Å². The molecule has 0 aliphatic carbocycles. The van der Waals surface area contributed by atoms with Gasteiger partial charge in [0.2, 0.25) is 11.8 Å². The first-order valence-electron chi connectivity index (χ1n) is 8.59. The van der Waals surface area contributed by atoms with Gasteiger partial charge in [0.05, 0.1) is 15.8 Å². The molecule has 0 spiro atoms. The fourth-order valence-electron chi connectivity index (χ4n) is 2.55. The smallest absolute Gasteiger partial charge is 0.242 e. The summed E-state index contributed by atoms with van der Waals surface area (Å²) in [6.45, 7) is 1.98. The van der Waals surface area contributed by atoms with Crippen molar-refractivity contribution in [1.29, 1.82) is 0 Å². The van der Waals surface area contributed by atoms with Gasteiger partial charge in [-0.25, -0.2) is 0 Å². The Kier molecular flexibility index (Phi) is 8.96. The van der Waals surface area contributed by atoms with Crippen LogP contribution in [-0.4, -0.2) is 35.6 Å². The van der Waals surface area contributed by atoms with Crippen LogP contribution in [0.15, 0.2) is 42.5 Å². The van der Waals surface area contributed by atoms with Crippen LogP contribution in [0.5, 0.6) is 0 Å². The van der Waals surface area contributed by atoms with Crippen molar-refractivity contribution in [3.63, 3.8) is 0 Å². The number of likely N-dealkylation sites (N-methyl/N-ethyl adjacent to an activating group) is 1. The summed E-state index contributed by atoms with van der Waals surface area (Å²) in [4.78, 5) is 26.5. The van der Waals surface area contributed by atoms with Gasteiger partial charge in [0.15, 0.2) is 0 Å². The molecule has 0 fully saturated rings. The van der Waals surface area contributed by atoms with E-state index >= 15 is 0 Å². The summed E-state index contributed by atoms with van der Waals surface area (Å²) < 4.78 is 0. The van der Waals surface area contributed by atoms with Gasteiger partial charge in [-0.2, -0.15) is 0 Å². The number of hydrogen-bond donors (Lipinski definition) is 1. The van der Waals surface area contributed by atoms with Gasteiger partial charge in [-0.1, -0.05) is 53.0 Å². The van der Waals surface area contributed by atoms with Crippen LogP contribution in [-0.2, 0) is 21.9 Å². The highest BCUT2D eigenvalue weighted by Gasteiger charge is 2.25. The van der Waals surface area contributed by atoms with Crippen LogP contribution in [0.25, 0.3) is 0 Å². The van der Waals surface area contributed by atoms with E-state index in [0.717, 1.165) is 11.1 Å². The molecule has 0 radical (unpaired) electrons. The van der Waals surface area contributed by atoms with E-state index in [1.54, 1.807) is 37.1 Å². The molecule has 0 heterocycles. The Morgan fingerprint density at radius 1 is 1.04 bits per heavy atom. The number of amides is 2. The van der Waals surface area contributed by atoms with Gasteiger partial charge in [-0.3, -0.25) is 9.59 Å². The molecule has 0 saturated carbocycles. The summed E-state index contributed by atoms with van der Waals surface area (Å²) in [6, 6.07) is 12.1. The Hall–Kier alpha value is -1.40. The van der Waals surface area contributed by atoms with Crippen molar-refractivity contribution in [2.45, 2.75) is 25.3 Å². The number of nitrogens with zero attached hydrogens (tertiary/aromatic N) is 1. The van der Waals surface area contributed by atoms with Crippen LogP contribution >= 0.6 is 46.6 Å². The van der Waals surface area contributed by atoms with E-state index in [0.29, 0.717) is 20.8 Å². The monoisotopic (exact) mass is 458 g/mol. The third-order valence-electron chi connectivity index (χ3n) is 4.16. The van der Waals surface area contributed by atoms with Crippen LogP contribution < -0.4 is 5.32 Å². The van der Waals surface area contributed by atoms with Gasteiger partial charge in [0, 0.05) is 24.4 Å². The maximum Gasteiger partial charge on any atom is 0.242 e. The molecule has 2 aromatic rings.